The van der Waals surface area contributed by atoms with Crippen molar-refractivity contribution in [1.29, 1.82) is 0 Å². The van der Waals surface area contributed by atoms with Gasteiger partial charge in [0.2, 0.25) is 0 Å². The van der Waals surface area contributed by atoms with E-state index in [9.17, 15) is 19.8 Å². The topological polar surface area (TPSA) is 121 Å². The van der Waals surface area contributed by atoms with Crippen LogP contribution < -0.4 is 0 Å². The smallest absolute Gasteiger partial charge is 0.353 e. The number of esters is 2. The molecule has 3 rings (SSSR count). The maximum Gasteiger partial charge on any atom is 0.353 e. The maximum atomic E-state index is 12.8. The Labute approximate surface area is 191 Å². The van der Waals surface area contributed by atoms with E-state index in [0.29, 0.717) is 0 Å². The lowest BCUT2D eigenvalue weighted by Gasteiger charge is -2.36. The van der Waals surface area contributed by atoms with E-state index in [1.165, 1.54) is 0 Å². The van der Waals surface area contributed by atoms with Gasteiger partial charge in [-0.15, -0.1) is 0 Å². The average Bonchev–Trinajstić information content (AvgIpc) is 3.11. The van der Waals surface area contributed by atoms with Crippen LogP contribution in [0.4, 0.5) is 0 Å². The molecule has 0 amide bonds. The summed E-state index contributed by atoms with van der Waals surface area (Å²) in [6.45, 7) is -0.948. The summed E-state index contributed by atoms with van der Waals surface area (Å²) in [5, 5.41) is 21.7. The molecule has 2 N–H and O–H groups in total. The van der Waals surface area contributed by atoms with Gasteiger partial charge in [-0.25, -0.2) is 9.59 Å². The van der Waals surface area contributed by atoms with Gasteiger partial charge in [0.15, 0.2) is 5.60 Å². The van der Waals surface area contributed by atoms with Gasteiger partial charge in [0.05, 0.1) is 40.6 Å². The number of hydrogen-bond donors (Lipinski definition) is 2. The Morgan fingerprint density at radius 3 is 1.91 bits per heavy atom. The monoisotopic (exact) mass is 460 g/mol. The van der Waals surface area contributed by atoms with Gasteiger partial charge in [-0.1, -0.05) is 60.7 Å². The normalized spacial score (nSPS) is 23.8. The molecule has 0 unspecified atom stereocenters. The zero-order chi connectivity index (χ0) is 23.9. The summed E-state index contributed by atoms with van der Waals surface area (Å²) in [6, 6.07) is 18.4. The predicted octanol–water partition coefficient (Wildman–Crippen LogP) is 0.996. The second-order valence-electron chi connectivity index (χ2n) is 7.62. The molecule has 0 saturated carbocycles. The minimum Gasteiger partial charge on any atom is -0.466 e. The Morgan fingerprint density at radius 1 is 0.909 bits per heavy atom. The fourth-order valence-electron chi connectivity index (χ4n) is 3.91. The number of aliphatic hydroxyl groups excluding tert-OH is 1. The molecule has 0 aliphatic carbocycles. The summed E-state index contributed by atoms with van der Waals surface area (Å²) in [5.74, 6) is -2.44. The number of carbonyl (C=O) groups is 2. The van der Waals surface area contributed by atoms with Crippen LogP contribution in [0.2, 0.25) is 0 Å². The van der Waals surface area contributed by atoms with Crippen LogP contribution in [0.3, 0.4) is 0 Å². The van der Waals surface area contributed by atoms with Gasteiger partial charge in [-0.2, -0.15) is 0 Å². The molecule has 1 aliphatic heterocycles. The Kier molecular flexibility index (Phi) is 8.17. The molecular formula is C24H28O9. The highest BCUT2D eigenvalue weighted by atomic mass is 16.7. The first-order valence-electron chi connectivity index (χ1n) is 10.4. The van der Waals surface area contributed by atoms with Crippen molar-refractivity contribution in [2.75, 3.05) is 27.4 Å². The Hall–Kier alpha value is -2.82. The van der Waals surface area contributed by atoms with E-state index in [1.54, 1.807) is 0 Å². The molecule has 178 valence electrons. The average molecular weight is 460 g/mol. The first-order valence-corrected chi connectivity index (χ1v) is 10.4. The van der Waals surface area contributed by atoms with Crippen molar-refractivity contribution in [2.45, 2.75) is 36.6 Å². The molecule has 9 nitrogen and oxygen atoms in total. The van der Waals surface area contributed by atoms with Crippen molar-refractivity contribution in [2.24, 2.45) is 0 Å². The minimum absolute atomic E-state index is 0.0186. The number of ether oxygens (including phenoxy) is 5. The third kappa shape index (κ3) is 4.78. The largest absolute Gasteiger partial charge is 0.466 e. The molecule has 33 heavy (non-hydrogen) atoms. The van der Waals surface area contributed by atoms with E-state index in [-0.39, 0.29) is 19.8 Å². The van der Waals surface area contributed by atoms with E-state index in [1.807, 2.05) is 60.7 Å². The standard InChI is InChI=1S/C24H28O9/c1-29-21(26)24(22(27)30-2)23(28,16-25)20(32-14-18-11-7-4-8-12-18)19(33-24)15-31-13-17-9-5-3-6-10-17/h3-12,19-20,25,28H,13-16H2,1-2H3/t19-,20-,23+/m1/s1. The number of rotatable bonds is 10. The first kappa shape index (κ1) is 24.8. The van der Waals surface area contributed by atoms with Crippen LogP contribution in [-0.4, -0.2) is 73.0 Å². The number of aliphatic hydroxyl groups is 2. The molecule has 1 heterocycles. The van der Waals surface area contributed by atoms with Gasteiger partial charge in [-0.05, 0) is 11.1 Å². The first-order chi connectivity index (χ1) is 15.9. The Bertz CT molecular complexity index is 902. The van der Waals surface area contributed by atoms with E-state index in [4.69, 9.17) is 23.7 Å². The molecule has 1 fully saturated rings. The van der Waals surface area contributed by atoms with E-state index in [0.717, 1.165) is 25.3 Å². The third-order valence-corrected chi connectivity index (χ3v) is 5.60. The van der Waals surface area contributed by atoms with Crippen LogP contribution in [0, 0.1) is 0 Å². The van der Waals surface area contributed by atoms with Gasteiger partial charge in [0.1, 0.15) is 12.2 Å². The van der Waals surface area contributed by atoms with Crippen molar-refractivity contribution in [3.05, 3.63) is 71.8 Å². The molecular weight excluding hydrogens is 432 g/mol. The molecule has 1 aliphatic rings. The highest BCUT2D eigenvalue weighted by Crippen LogP contribution is 2.44. The van der Waals surface area contributed by atoms with Gasteiger partial charge in [-0.3, -0.25) is 0 Å². The van der Waals surface area contributed by atoms with E-state index < -0.39 is 42.0 Å². The summed E-state index contributed by atoms with van der Waals surface area (Å²) >= 11 is 0. The predicted molar refractivity (Wildman–Crippen MR) is 115 cm³/mol. The zero-order valence-electron chi connectivity index (χ0n) is 18.5. The van der Waals surface area contributed by atoms with Crippen LogP contribution >= 0.6 is 0 Å². The number of methoxy groups -OCH3 is 2. The molecule has 3 atom stereocenters. The van der Waals surface area contributed by atoms with Crippen LogP contribution in [-0.2, 0) is 46.5 Å². The van der Waals surface area contributed by atoms with Crippen molar-refractivity contribution < 1.29 is 43.5 Å². The van der Waals surface area contributed by atoms with Gasteiger partial charge in [0, 0.05) is 0 Å². The van der Waals surface area contributed by atoms with Crippen molar-refractivity contribution in [3.8, 4) is 0 Å². The van der Waals surface area contributed by atoms with Crippen LogP contribution in [0.15, 0.2) is 60.7 Å². The summed E-state index contributed by atoms with van der Waals surface area (Å²) in [4.78, 5) is 25.5. The van der Waals surface area contributed by atoms with Crippen molar-refractivity contribution in [1.82, 2.24) is 0 Å². The van der Waals surface area contributed by atoms with Crippen LogP contribution in [0.1, 0.15) is 11.1 Å². The molecule has 2 aromatic carbocycles. The van der Waals surface area contributed by atoms with E-state index in [2.05, 4.69) is 0 Å². The summed E-state index contributed by atoms with van der Waals surface area (Å²) in [6.07, 6.45) is -2.43. The van der Waals surface area contributed by atoms with Gasteiger partial charge < -0.3 is 33.9 Å². The highest BCUT2D eigenvalue weighted by molar-refractivity contribution is 6.06. The summed E-state index contributed by atoms with van der Waals surface area (Å²) in [7, 11) is 2.07. The van der Waals surface area contributed by atoms with Gasteiger partial charge in [0.25, 0.3) is 5.60 Å². The molecule has 9 heteroatoms. The molecule has 0 spiro atoms. The zero-order valence-corrected chi connectivity index (χ0v) is 18.5. The van der Waals surface area contributed by atoms with E-state index >= 15 is 0 Å². The minimum atomic E-state index is -2.66. The van der Waals surface area contributed by atoms with Crippen LogP contribution in [0.25, 0.3) is 0 Å². The number of benzene rings is 2. The third-order valence-electron chi connectivity index (χ3n) is 5.60. The SMILES string of the molecule is COC(=O)C1(C(=O)OC)O[C@H](COCc2ccccc2)[C@@H](OCc2ccccc2)[C@@]1(O)CO. The Morgan fingerprint density at radius 2 is 1.42 bits per heavy atom. The molecule has 2 aromatic rings. The number of carbonyl (C=O) groups excluding carboxylic acids is 2. The molecule has 0 aromatic heterocycles. The lowest BCUT2D eigenvalue weighted by molar-refractivity contribution is -0.215. The fraction of sp³-hybridized carbons (Fsp3) is 0.417. The summed E-state index contributed by atoms with van der Waals surface area (Å²) in [5.41, 5.74) is -3.49. The van der Waals surface area contributed by atoms with Crippen molar-refractivity contribution >= 4 is 11.9 Å². The lowest BCUT2D eigenvalue weighted by atomic mass is 9.80. The van der Waals surface area contributed by atoms with Gasteiger partial charge >= 0.3 is 11.9 Å². The maximum absolute atomic E-state index is 12.8. The molecule has 0 bridgehead atoms. The molecule has 0 radical (unpaired) electrons. The summed E-state index contributed by atoms with van der Waals surface area (Å²) < 4.78 is 27.0. The quantitative estimate of drug-likeness (QED) is 0.395. The Balaban J connectivity index is 1.91. The molecule has 1 saturated heterocycles. The fourth-order valence-corrected chi connectivity index (χ4v) is 3.91. The highest BCUT2D eigenvalue weighted by Gasteiger charge is 2.75. The second-order valence-corrected chi connectivity index (χ2v) is 7.62. The number of hydrogen-bond acceptors (Lipinski definition) is 9. The second kappa shape index (κ2) is 10.9. The lowest BCUT2D eigenvalue weighted by Crippen LogP contribution is -2.68. The van der Waals surface area contributed by atoms with Crippen LogP contribution in [0.5, 0.6) is 0 Å². The van der Waals surface area contributed by atoms with Crippen molar-refractivity contribution in [3.63, 3.8) is 0 Å².